The lowest BCUT2D eigenvalue weighted by Crippen LogP contribution is -2.21. The van der Waals surface area contributed by atoms with Crippen LogP contribution in [0, 0.1) is 10.1 Å². The van der Waals surface area contributed by atoms with Gasteiger partial charge in [-0.25, -0.2) is 0 Å². The maximum Gasteiger partial charge on any atom is 0.269 e. The Labute approximate surface area is 151 Å². The zero-order valence-electron chi connectivity index (χ0n) is 14.8. The van der Waals surface area contributed by atoms with Crippen LogP contribution >= 0.6 is 0 Å². The Hall–Kier alpha value is -3.35. The molecule has 0 atom stereocenters. The van der Waals surface area contributed by atoms with Gasteiger partial charge in [0.15, 0.2) is 5.78 Å². The minimum atomic E-state index is -0.458. The quantitative estimate of drug-likeness (QED) is 0.290. The summed E-state index contributed by atoms with van der Waals surface area (Å²) < 4.78 is 0. The number of hydrogen-bond donors (Lipinski definition) is 0. The van der Waals surface area contributed by atoms with Gasteiger partial charge in [0.1, 0.15) is 0 Å². The minimum absolute atomic E-state index is 0.0152. The first-order valence-corrected chi connectivity index (χ1v) is 8.03. The molecule has 2 aromatic rings. The molecule has 0 heterocycles. The highest BCUT2D eigenvalue weighted by Crippen LogP contribution is 2.23. The van der Waals surface area contributed by atoms with Crippen LogP contribution in [0.15, 0.2) is 70.9 Å². The van der Waals surface area contributed by atoms with Crippen molar-refractivity contribution in [1.29, 1.82) is 0 Å². The van der Waals surface area contributed by atoms with Crippen LogP contribution in [0.4, 0.5) is 22.7 Å². The molecule has 0 aliphatic carbocycles. The van der Waals surface area contributed by atoms with Crippen LogP contribution in [0.3, 0.4) is 0 Å². The number of hydrogen-bond acceptors (Lipinski definition) is 6. The first kappa shape index (κ1) is 19.0. The molecule has 0 radical (unpaired) electrons. The number of anilines is 1. The van der Waals surface area contributed by atoms with Gasteiger partial charge in [-0.15, -0.1) is 0 Å². The molecule has 0 spiro atoms. The zero-order valence-corrected chi connectivity index (χ0v) is 14.8. The smallest absolute Gasteiger partial charge is 0.269 e. The molecule has 26 heavy (non-hydrogen) atoms. The highest BCUT2D eigenvalue weighted by Gasteiger charge is 2.06. The summed E-state index contributed by atoms with van der Waals surface area (Å²) in [4.78, 5) is 23.8. The summed E-state index contributed by atoms with van der Waals surface area (Å²) in [6.07, 6.45) is 0.424. The molecule has 0 N–H and O–H groups in total. The van der Waals surface area contributed by atoms with E-state index in [1.165, 1.54) is 12.1 Å². The van der Waals surface area contributed by atoms with Crippen molar-refractivity contribution >= 4 is 28.5 Å². The number of azo groups is 1. The van der Waals surface area contributed by atoms with Crippen LogP contribution in [0.2, 0.25) is 0 Å². The Morgan fingerprint density at radius 2 is 1.58 bits per heavy atom. The molecule has 2 aromatic carbocycles. The fourth-order valence-corrected chi connectivity index (χ4v) is 2.14. The minimum Gasteiger partial charge on any atom is -0.374 e. The molecule has 0 unspecified atom stereocenters. The van der Waals surface area contributed by atoms with Crippen LogP contribution in [0.5, 0.6) is 0 Å². The third kappa shape index (κ3) is 5.34. The van der Waals surface area contributed by atoms with E-state index in [1.807, 2.05) is 36.2 Å². The molecule has 0 aliphatic heterocycles. The predicted molar refractivity (Wildman–Crippen MR) is 101 cm³/mol. The second-order valence-corrected chi connectivity index (χ2v) is 5.86. The van der Waals surface area contributed by atoms with Gasteiger partial charge in [-0.2, -0.15) is 10.2 Å². The summed E-state index contributed by atoms with van der Waals surface area (Å²) in [6.45, 7) is 5.97. The number of carbonyl (C=O) groups excluding carboxylic acids is 1. The SMILES string of the molecule is C=C(C)C(=O)CCN(C)c1ccc(N=Nc2ccc([N+](=O)[O-])cc2)cc1. The molecule has 0 bridgehead atoms. The molecular weight excluding hydrogens is 332 g/mol. The van der Waals surface area contributed by atoms with Gasteiger partial charge in [0.25, 0.3) is 5.69 Å². The van der Waals surface area contributed by atoms with Gasteiger partial charge >= 0.3 is 0 Å². The van der Waals surface area contributed by atoms with Gasteiger partial charge < -0.3 is 4.90 Å². The first-order chi connectivity index (χ1) is 12.4. The third-order valence-electron chi connectivity index (χ3n) is 3.78. The second-order valence-electron chi connectivity index (χ2n) is 5.86. The summed E-state index contributed by atoms with van der Waals surface area (Å²) >= 11 is 0. The molecule has 0 aliphatic rings. The second kappa shape index (κ2) is 8.66. The van der Waals surface area contributed by atoms with Crippen LogP contribution in [-0.4, -0.2) is 24.3 Å². The average Bonchev–Trinajstić information content (AvgIpc) is 2.64. The summed E-state index contributed by atoms with van der Waals surface area (Å²) in [7, 11) is 1.92. The molecule has 0 amide bonds. The van der Waals surface area contributed by atoms with Crippen LogP contribution in [0.25, 0.3) is 0 Å². The Kier molecular flexibility index (Phi) is 6.32. The number of rotatable bonds is 8. The molecule has 134 valence electrons. The molecule has 2 rings (SSSR count). The van der Waals surface area contributed by atoms with E-state index in [0.29, 0.717) is 29.9 Å². The number of nitrogens with zero attached hydrogens (tertiary/aromatic N) is 4. The average molecular weight is 352 g/mol. The normalized spacial score (nSPS) is 10.7. The number of non-ortho nitro benzene ring substituents is 1. The van der Waals surface area contributed by atoms with Gasteiger partial charge in [-0.05, 0) is 48.9 Å². The molecule has 7 heteroatoms. The number of nitro benzene ring substituents is 1. The molecule has 0 saturated heterocycles. The van der Waals surface area contributed by atoms with Crippen LogP contribution < -0.4 is 4.90 Å². The zero-order chi connectivity index (χ0) is 19.1. The van der Waals surface area contributed by atoms with E-state index in [-0.39, 0.29) is 11.5 Å². The number of carbonyl (C=O) groups is 1. The Morgan fingerprint density at radius 1 is 1.08 bits per heavy atom. The van der Waals surface area contributed by atoms with Crippen LogP contribution in [0.1, 0.15) is 13.3 Å². The van der Waals surface area contributed by atoms with Crippen molar-refractivity contribution in [3.63, 3.8) is 0 Å². The van der Waals surface area contributed by atoms with Crippen molar-refractivity contribution < 1.29 is 9.72 Å². The fourth-order valence-electron chi connectivity index (χ4n) is 2.14. The summed E-state index contributed by atoms with van der Waals surface area (Å²) in [6, 6.07) is 13.3. The lowest BCUT2D eigenvalue weighted by Gasteiger charge is -2.18. The molecule has 0 fully saturated rings. The standard InChI is InChI=1S/C19H20N4O3/c1-14(2)19(24)12-13-22(3)17-8-4-15(5-9-17)20-21-16-6-10-18(11-7-16)23(25)26/h4-11H,1,12-13H2,2-3H3. The number of benzene rings is 2. The van der Waals surface area contributed by atoms with Crippen LogP contribution in [-0.2, 0) is 4.79 Å². The Bertz CT molecular complexity index is 827. The molecular formula is C19H20N4O3. The van der Waals surface area contributed by atoms with Crippen molar-refractivity contribution in [1.82, 2.24) is 0 Å². The molecule has 7 nitrogen and oxygen atoms in total. The lowest BCUT2D eigenvalue weighted by molar-refractivity contribution is -0.384. The summed E-state index contributed by atoms with van der Waals surface area (Å²) in [5, 5.41) is 18.8. The van der Waals surface area contributed by atoms with E-state index in [0.717, 1.165) is 5.69 Å². The van der Waals surface area contributed by atoms with E-state index in [1.54, 1.807) is 19.1 Å². The van der Waals surface area contributed by atoms with Crippen molar-refractivity contribution in [3.05, 3.63) is 70.8 Å². The van der Waals surface area contributed by atoms with E-state index < -0.39 is 4.92 Å². The number of Topliss-reactive ketones (excluding diaryl/α,β-unsaturated/α-hetero) is 1. The van der Waals surface area contributed by atoms with Gasteiger partial charge in [0.05, 0.1) is 16.3 Å². The highest BCUT2D eigenvalue weighted by molar-refractivity contribution is 5.94. The van der Waals surface area contributed by atoms with Crippen molar-refractivity contribution in [2.75, 3.05) is 18.5 Å². The van der Waals surface area contributed by atoms with Crippen molar-refractivity contribution in [3.8, 4) is 0 Å². The third-order valence-corrected chi connectivity index (χ3v) is 3.78. The summed E-state index contributed by atoms with van der Waals surface area (Å²) in [5.41, 5.74) is 2.75. The van der Waals surface area contributed by atoms with Gasteiger partial charge in [-0.3, -0.25) is 14.9 Å². The maximum atomic E-state index is 11.6. The van der Waals surface area contributed by atoms with Crippen molar-refractivity contribution in [2.24, 2.45) is 10.2 Å². The van der Waals surface area contributed by atoms with E-state index in [2.05, 4.69) is 16.8 Å². The number of ketones is 1. The largest absolute Gasteiger partial charge is 0.374 e. The highest BCUT2D eigenvalue weighted by atomic mass is 16.6. The van der Waals surface area contributed by atoms with Crippen molar-refractivity contribution in [2.45, 2.75) is 13.3 Å². The van der Waals surface area contributed by atoms with Gasteiger partial charge in [0, 0.05) is 37.8 Å². The monoisotopic (exact) mass is 352 g/mol. The van der Waals surface area contributed by atoms with E-state index >= 15 is 0 Å². The Morgan fingerprint density at radius 3 is 2.04 bits per heavy atom. The number of nitro groups is 1. The maximum absolute atomic E-state index is 11.6. The van der Waals surface area contributed by atoms with Gasteiger partial charge in [-0.1, -0.05) is 6.58 Å². The van der Waals surface area contributed by atoms with E-state index in [4.69, 9.17) is 0 Å². The molecule has 0 saturated carbocycles. The lowest BCUT2D eigenvalue weighted by atomic mass is 10.1. The van der Waals surface area contributed by atoms with Gasteiger partial charge in [0.2, 0.25) is 0 Å². The molecule has 0 aromatic heterocycles. The fraction of sp³-hybridized carbons (Fsp3) is 0.211. The van der Waals surface area contributed by atoms with E-state index in [9.17, 15) is 14.9 Å². The topological polar surface area (TPSA) is 88.2 Å². The first-order valence-electron chi connectivity index (χ1n) is 8.03. The Balaban J connectivity index is 1.97. The predicted octanol–water partition coefficient (Wildman–Crippen LogP) is 4.98. The number of allylic oxidation sites excluding steroid dienone is 1. The summed E-state index contributed by atoms with van der Waals surface area (Å²) in [5.74, 6) is 0.0605.